The van der Waals surface area contributed by atoms with Crippen LogP contribution in [-0.4, -0.2) is 20.7 Å². The predicted octanol–water partition coefficient (Wildman–Crippen LogP) is 4.41. The van der Waals surface area contributed by atoms with Crippen LogP contribution in [0.5, 0.6) is 5.88 Å². The minimum absolute atomic E-state index is 0.200. The van der Waals surface area contributed by atoms with E-state index in [2.05, 4.69) is 15.4 Å². The molecule has 6 heteroatoms. The van der Waals surface area contributed by atoms with Crippen molar-refractivity contribution in [1.82, 2.24) is 14.8 Å². The van der Waals surface area contributed by atoms with Gasteiger partial charge in [0, 0.05) is 23.5 Å². The van der Waals surface area contributed by atoms with Crippen LogP contribution in [0.15, 0.2) is 85.2 Å². The Labute approximate surface area is 168 Å². The fraction of sp³-hybridized carbons (Fsp3) is 0.0870. The van der Waals surface area contributed by atoms with E-state index in [1.165, 1.54) is 0 Å². The Hall–Kier alpha value is -3.93. The van der Waals surface area contributed by atoms with E-state index in [0.717, 1.165) is 16.9 Å². The molecule has 4 rings (SSSR count). The van der Waals surface area contributed by atoms with Crippen LogP contribution in [0, 0.1) is 6.92 Å². The Morgan fingerprint density at radius 1 is 1.00 bits per heavy atom. The number of hydrogen-bond donors (Lipinski definition) is 1. The fourth-order valence-corrected chi connectivity index (χ4v) is 2.87. The topological polar surface area (TPSA) is 69.0 Å². The van der Waals surface area contributed by atoms with Crippen LogP contribution in [0.4, 0.5) is 5.69 Å². The number of amides is 1. The summed E-state index contributed by atoms with van der Waals surface area (Å²) in [4.78, 5) is 16.7. The lowest BCUT2D eigenvalue weighted by molar-refractivity contribution is 0.102. The van der Waals surface area contributed by atoms with Gasteiger partial charge >= 0.3 is 0 Å². The van der Waals surface area contributed by atoms with Gasteiger partial charge in [-0.05, 0) is 48.9 Å². The van der Waals surface area contributed by atoms with Gasteiger partial charge in [-0.15, -0.1) is 0 Å². The summed E-state index contributed by atoms with van der Waals surface area (Å²) < 4.78 is 7.48. The van der Waals surface area contributed by atoms with E-state index in [4.69, 9.17) is 4.74 Å². The highest BCUT2D eigenvalue weighted by molar-refractivity contribution is 6.04. The Kier molecular flexibility index (Phi) is 5.33. The maximum atomic E-state index is 12.5. The molecule has 2 aromatic heterocycles. The number of benzene rings is 2. The maximum absolute atomic E-state index is 12.5. The second-order valence-corrected chi connectivity index (χ2v) is 6.54. The van der Waals surface area contributed by atoms with Crippen molar-refractivity contribution in [3.05, 3.63) is 102 Å². The maximum Gasteiger partial charge on any atom is 0.255 e. The Morgan fingerprint density at radius 3 is 2.45 bits per heavy atom. The number of nitrogens with one attached hydrogen (secondary N) is 1. The third kappa shape index (κ3) is 4.50. The summed E-state index contributed by atoms with van der Waals surface area (Å²) in [6.07, 6.45) is 3.33. The first-order valence-electron chi connectivity index (χ1n) is 9.24. The molecular weight excluding hydrogens is 364 g/mol. The number of aryl methyl sites for hydroxylation is 1. The lowest BCUT2D eigenvalue weighted by Crippen LogP contribution is -2.12. The number of anilines is 1. The molecule has 2 aromatic carbocycles. The van der Waals surface area contributed by atoms with Crippen LogP contribution in [0.2, 0.25) is 0 Å². The number of hydrogen-bond acceptors (Lipinski definition) is 4. The minimum atomic E-state index is -0.200. The van der Waals surface area contributed by atoms with E-state index < -0.39 is 0 Å². The first-order valence-corrected chi connectivity index (χ1v) is 9.24. The molecule has 0 saturated carbocycles. The summed E-state index contributed by atoms with van der Waals surface area (Å²) in [6, 6.07) is 22.6. The number of carbonyl (C=O) groups is 1. The highest BCUT2D eigenvalue weighted by atomic mass is 16.5. The van der Waals surface area contributed by atoms with Gasteiger partial charge in [0.25, 0.3) is 5.91 Å². The third-order valence-electron chi connectivity index (χ3n) is 4.43. The van der Waals surface area contributed by atoms with Crippen molar-refractivity contribution in [2.75, 3.05) is 5.32 Å². The average Bonchev–Trinajstić information content (AvgIpc) is 3.20. The number of carbonyl (C=O) groups excluding carboxylic acids is 1. The fourth-order valence-electron chi connectivity index (χ4n) is 2.87. The van der Waals surface area contributed by atoms with Gasteiger partial charge < -0.3 is 10.1 Å². The second-order valence-electron chi connectivity index (χ2n) is 6.54. The number of pyridine rings is 1. The Balaban J connectivity index is 1.36. The number of ether oxygens (including phenoxy) is 1. The van der Waals surface area contributed by atoms with Crippen molar-refractivity contribution in [1.29, 1.82) is 0 Å². The second kappa shape index (κ2) is 8.39. The summed E-state index contributed by atoms with van der Waals surface area (Å²) in [6.45, 7) is 2.43. The van der Waals surface area contributed by atoms with Gasteiger partial charge in [-0.1, -0.05) is 30.3 Å². The molecule has 0 fully saturated rings. The molecule has 2 heterocycles. The zero-order chi connectivity index (χ0) is 20.1. The van der Waals surface area contributed by atoms with E-state index in [1.807, 2.05) is 60.1 Å². The zero-order valence-corrected chi connectivity index (χ0v) is 15.9. The first-order chi connectivity index (χ1) is 14.2. The van der Waals surface area contributed by atoms with E-state index in [0.29, 0.717) is 23.7 Å². The number of nitrogens with zero attached hydrogens (tertiary/aromatic N) is 3. The van der Waals surface area contributed by atoms with Gasteiger partial charge in [0.05, 0.1) is 17.6 Å². The summed E-state index contributed by atoms with van der Waals surface area (Å²) >= 11 is 0. The van der Waals surface area contributed by atoms with Crippen molar-refractivity contribution in [2.24, 2.45) is 0 Å². The number of rotatable bonds is 6. The van der Waals surface area contributed by atoms with Crippen LogP contribution in [-0.2, 0) is 6.61 Å². The summed E-state index contributed by atoms with van der Waals surface area (Å²) in [7, 11) is 0. The van der Waals surface area contributed by atoms with E-state index in [9.17, 15) is 4.79 Å². The van der Waals surface area contributed by atoms with Gasteiger partial charge in [0.2, 0.25) is 5.88 Å². The molecule has 0 atom stereocenters. The van der Waals surface area contributed by atoms with Crippen LogP contribution in [0.25, 0.3) is 5.69 Å². The van der Waals surface area contributed by atoms with E-state index >= 15 is 0 Å². The zero-order valence-electron chi connectivity index (χ0n) is 15.9. The van der Waals surface area contributed by atoms with Crippen molar-refractivity contribution in [3.8, 4) is 11.6 Å². The largest absolute Gasteiger partial charge is 0.473 e. The van der Waals surface area contributed by atoms with Gasteiger partial charge in [-0.3, -0.25) is 4.79 Å². The Bertz CT molecular complexity index is 1090. The molecular formula is C23H20N4O2. The molecule has 1 amide bonds. The van der Waals surface area contributed by atoms with Crippen LogP contribution in [0.1, 0.15) is 21.6 Å². The molecule has 0 aliphatic carbocycles. The van der Waals surface area contributed by atoms with Gasteiger partial charge in [0.15, 0.2) is 0 Å². The SMILES string of the molecule is Cc1ccnn1-c1ccc(C(=O)Nc2ccc(OCc3ccccc3)nc2)cc1. The van der Waals surface area contributed by atoms with Gasteiger partial charge in [0.1, 0.15) is 6.61 Å². The van der Waals surface area contributed by atoms with Crippen LogP contribution < -0.4 is 10.1 Å². The third-order valence-corrected chi connectivity index (χ3v) is 4.43. The minimum Gasteiger partial charge on any atom is -0.473 e. The molecule has 0 spiro atoms. The van der Waals surface area contributed by atoms with Crippen LogP contribution >= 0.6 is 0 Å². The molecule has 0 saturated heterocycles. The molecule has 1 N–H and O–H groups in total. The first kappa shape index (κ1) is 18.4. The highest BCUT2D eigenvalue weighted by Crippen LogP contribution is 2.16. The average molecular weight is 384 g/mol. The molecule has 4 aromatic rings. The van der Waals surface area contributed by atoms with Gasteiger partial charge in [-0.25, -0.2) is 9.67 Å². The molecule has 0 unspecified atom stereocenters. The normalized spacial score (nSPS) is 10.5. The number of aromatic nitrogens is 3. The quantitative estimate of drug-likeness (QED) is 0.535. The molecule has 0 bridgehead atoms. The van der Waals surface area contributed by atoms with Crippen molar-refractivity contribution in [2.45, 2.75) is 13.5 Å². The Morgan fingerprint density at radius 2 is 1.79 bits per heavy atom. The molecule has 144 valence electrons. The smallest absolute Gasteiger partial charge is 0.255 e. The van der Waals surface area contributed by atoms with Crippen LogP contribution in [0.3, 0.4) is 0 Å². The molecule has 0 aliphatic rings. The molecule has 0 radical (unpaired) electrons. The lowest BCUT2D eigenvalue weighted by atomic mass is 10.2. The van der Waals surface area contributed by atoms with Crippen molar-refractivity contribution in [3.63, 3.8) is 0 Å². The summed E-state index contributed by atoms with van der Waals surface area (Å²) in [5.41, 5.74) is 4.17. The van der Waals surface area contributed by atoms with Crippen molar-refractivity contribution < 1.29 is 9.53 Å². The summed E-state index contributed by atoms with van der Waals surface area (Å²) in [5.74, 6) is 0.305. The van der Waals surface area contributed by atoms with E-state index in [-0.39, 0.29) is 5.91 Å². The van der Waals surface area contributed by atoms with Gasteiger partial charge in [-0.2, -0.15) is 5.10 Å². The molecule has 0 aliphatic heterocycles. The highest BCUT2D eigenvalue weighted by Gasteiger charge is 2.08. The van der Waals surface area contributed by atoms with E-state index in [1.54, 1.807) is 36.7 Å². The standard InChI is InChI=1S/C23H20N4O2/c1-17-13-14-25-27(17)21-10-7-19(8-11-21)23(28)26-20-9-12-22(24-15-20)29-16-18-5-3-2-4-6-18/h2-15H,16H2,1H3,(H,26,28). The van der Waals surface area contributed by atoms with Crippen molar-refractivity contribution >= 4 is 11.6 Å². The molecule has 29 heavy (non-hydrogen) atoms. The summed E-state index contributed by atoms with van der Waals surface area (Å²) in [5, 5.41) is 7.11. The predicted molar refractivity (Wildman–Crippen MR) is 111 cm³/mol. The molecule has 6 nitrogen and oxygen atoms in total. The monoisotopic (exact) mass is 384 g/mol. The lowest BCUT2D eigenvalue weighted by Gasteiger charge is -2.09.